The number of benzene rings is 1. The van der Waals surface area contributed by atoms with E-state index in [-0.39, 0.29) is 16.7 Å². The molecule has 0 saturated heterocycles. The van der Waals surface area contributed by atoms with Crippen LogP contribution in [0.4, 0.5) is 11.6 Å². The number of pyridine rings is 1. The zero-order chi connectivity index (χ0) is 22.8. The number of aromatic nitrogens is 3. The van der Waals surface area contributed by atoms with Crippen LogP contribution < -0.4 is 10.2 Å². The van der Waals surface area contributed by atoms with Crippen LogP contribution in [0.5, 0.6) is 0 Å². The molecule has 2 aromatic heterocycles. The minimum absolute atomic E-state index is 0.0763. The smallest absolute Gasteiger partial charge is 0.229 e. The van der Waals surface area contributed by atoms with E-state index >= 15 is 0 Å². The van der Waals surface area contributed by atoms with Crippen molar-refractivity contribution in [2.75, 3.05) is 24.2 Å². The highest BCUT2D eigenvalue weighted by molar-refractivity contribution is 7.91. The van der Waals surface area contributed by atoms with Crippen LogP contribution in [0.25, 0.3) is 11.3 Å². The van der Waals surface area contributed by atoms with E-state index in [1.165, 1.54) is 11.1 Å². The molecule has 3 aliphatic rings. The number of anilines is 2. The van der Waals surface area contributed by atoms with E-state index in [0.717, 1.165) is 49.2 Å². The third-order valence-corrected chi connectivity index (χ3v) is 9.33. The Labute approximate surface area is 194 Å². The lowest BCUT2D eigenvalue weighted by Gasteiger charge is -2.18. The first-order chi connectivity index (χ1) is 15.9. The topological polar surface area (TPSA) is 88.1 Å². The van der Waals surface area contributed by atoms with Gasteiger partial charge in [-0.2, -0.15) is 0 Å². The Hall–Kier alpha value is -2.84. The maximum absolute atomic E-state index is 12.5. The van der Waals surface area contributed by atoms with Crippen LogP contribution >= 0.6 is 0 Å². The lowest BCUT2D eigenvalue weighted by atomic mass is 9.99. The van der Waals surface area contributed by atoms with Crippen molar-refractivity contribution >= 4 is 21.5 Å². The van der Waals surface area contributed by atoms with Crippen molar-refractivity contribution in [2.45, 2.75) is 48.5 Å². The fraction of sp³-hybridized carbons (Fsp3) is 0.400. The van der Waals surface area contributed by atoms with Crippen molar-refractivity contribution in [3.8, 4) is 11.3 Å². The predicted molar refractivity (Wildman–Crippen MR) is 127 cm³/mol. The fourth-order valence-electron chi connectivity index (χ4n) is 5.06. The lowest BCUT2D eigenvalue weighted by molar-refractivity contribution is 0.585. The zero-order valence-electron chi connectivity index (χ0n) is 18.9. The van der Waals surface area contributed by atoms with Gasteiger partial charge in [0.15, 0.2) is 9.84 Å². The first-order valence-electron chi connectivity index (χ1n) is 11.5. The van der Waals surface area contributed by atoms with Gasteiger partial charge in [0.25, 0.3) is 0 Å². The third kappa shape index (κ3) is 3.27. The molecule has 2 saturated carbocycles. The molecular formula is C25H27N5O2S. The van der Waals surface area contributed by atoms with Crippen LogP contribution in [0.15, 0.2) is 53.8 Å². The monoisotopic (exact) mass is 461 g/mol. The summed E-state index contributed by atoms with van der Waals surface area (Å²) in [5.41, 5.74) is 5.28. The Bertz CT molecular complexity index is 1350. The fourth-order valence-corrected chi connectivity index (χ4v) is 5.96. The van der Waals surface area contributed by atoms with Crippen molar-refractivity contribution in [3.63, 3.8) is 0 Å². The standard InChI is InChI=1S/C25H27N5O2S/c1-3-33(31,32)19-4-5-20-22(13-19)30(16-24(20)7-8-24)23-28-14-17(15-29-23)21-12-18(6-11-27-21)25(26-2)9-10-25/h4-6,11-15,26H,3,7-10,16H2,1-2H3. The van der Waals surface area contributed by atoms with Gasteiger partial charge in [-0.05, 0) is 68.1 Å². The predicted octanol–water partition coefficient (Wildman–Crippen LogP) is 3.72. The Balaban J connectivity index is 1.34. The van der Waals surface area contributed by atoms with Crippen molar-refractivity contribution in [2.24, 2.45) is 0 Å². The molecule has 8 heteroatoms. The normalized spacial score (nSPS) is 19.5. The summed E-state index contributed by atoms with van der Waals surface area (Å²) in [7, 11) is -1.28. The summed E-state index contributed by atoms with van der Waals surface area (Å²) in [6, 6.07) is 9.73. The molecular weight excluding hydrogens is 434 g/mol. The molecule has 6 rings (SSSR count). The van der Waals surface area contributed by atoms with Crippen LogP contribution in [-0.4, -0.2) is 42.7 Å². The van der Waals surface area contributed by atoms with Gasteiger partial charge in [-0.15, -0.1) is 0 Å². The molecule has 170 valence electrons. The molecule has 0 amide bonds. The number of hydrogen-bond acceptors (Lipinski definition) is 7. The summed E-state index contributed by atoms with van der Waals surface area (Å²) < 4.78 is 25.0. The van der Waals surface area contributed by atoms with Gasteiger partial charge in [0.2, 0.25) is 5.95 Å². The molecule has 0 radical (unpaired) electrons. The second-order valence-electron chi connectivity index (χ2n) is 9.48. The maximum Gasteiger partial charge on any atom is 0.229 e. The van der Waals surface area contributed by atoms with E-state index in [0.29, 0.717) is 10.8 Å². The Morgan fingerprint density at radius 3 is 2.42 bits per heavy atom. The molecule has 0 bridgehead atoms. The molecule has 1 aromatic carbocycles. The summed E-state index contributed by atoms with van der Waals surface area (Å²) in [5, 5.41) is 3.43. The van der Waals surface area contributed by atoms with Gasteiger partial charge >= 0.3 is 0 Å². The van der Waals surface area contributed by atoms with E-state index in [1.54, 1.807) is 19.1 Å². The maximum atomic E-state index is 12.5. The number of sulfone groups is 1. The van der Waals surface area contributed by atoms with Gasteiger partial charge in [0, 0.05) is 47.3 Å². The van der Waals surface area contributed by atoms with E-state index in [2.05, 4.69) is 37.3 Å². The summed E-state index contributed by atoms with van der Waals surface area (Å²) >= 11 is 0. The van der Waals surface area contributed by atoms with Crippen LogP contribution in [0.3, 0.4) is 0 Å². The Morgan fingerprint density at radius 2 is 1.79 bits per heavy atom. The average molecular weight is 462 g/mol. The van der Waals surface area contributed by atoms with Crippen molar-refractivity contribution in [1.29, 1.82) is 0 Å². The molecule has 1 aliphatic heterocycles. The molecule has 2 aliphatic carbocycles. The van der Waals surface area contributed by atoms with Crippen LogP contribution in [0.2, 0.25) is 0 Å². The van der Waals surface area contributed by atoms with E-state index < -0.39 is 9.84 Å². The second kappa shape index (κ2) is 7.08. The van der Waals surface area contributed by atoms with Crippen LogP contribution in [-0.2, 0) is 20.8 Å². The van der Waals surface area contributed by atoms with Crippen LogP contribution in [0, 0.1) is 0 Å². The first-order valence-corrected chi connectivity index (χ1v) is 13.2. The number of fused-ring (bicyclic) bond motifs is 2. The van der Waals surface area contributed by atoms with E-state index in [9.17, 15) is 8.42 Å². The number of hydrogen-bond donors (Lipinski definition) is 1. The highest BCUT2D eigenvalue weighted by Gasteiger charge is 2.52. The molecule has 33 heavy (non-hydrogen) atoms. The van der Waals surface area contributed by atoms with Crippen molar-refractivity contribution < 1.29 is 8.42 Å². The Morgan fingerprint density at radius 1 is 1.03 bits per heavy atom. The summed E-state index contributed by atoms with van der Waals surface area (Å²) in [4.78, 5) is 16.3. The highest BCUT2D eigenvalue weighted by atomic mass is 32.2. The molecule has 0 unspecified atom stereocenters. The summed E-state index contributed by atoms with van der Waals surface area (Å²) in [6.07, 6.45) is 9.97. The number of rotatable bonds is 6. The SMILES string of the molecule is CCS(=O)(=O)c1ccc2c(c1)N(c1ncc(-c3cc(C4(NC)CC4)ccn3)cn1)CC21CC1. The van der Waals surface area contributed by atoms with E-state index in [1.807, 2.05) is 31.7 Å². The largest absolute Gasteiger partial charge is 0.310 e. The average Bonchev–Trinajstić information content (AvgIpc) is 3.77. The van der Waals surface area contributed by atoms with Gasteiger partial charge in [-0.3, -0.25) is 4.98 Å². The van der Waals surface area contributed by atoms with Gasteiger partial charge in [-0.25, -0.2) is 18.4 Å². The molecule has 1 spiro atoms. The molecule has 1 N–H and O–H groups in total. The summed E-state index contributed by atoms with van der Waals surface area (Å²) in [5.74, 6) is 0.683. The molecule has 0 atom stereocenters. The molecule has 3 heterocycles. The molecule has 2 fully saturated rings. The van der Waals surface area contributed by atoms with Gasteiger partial charge in [0.1, 0.15) is 0 Å². The van der Waals surface area contributed by atoms with Gasteiger partial charge in [0.05, 0.1) is 16.3 Å². The Kier molecular flexibility index (Phi) is 4.45. The number of nitrogens with zero attached hydrogens (tertiary/aromatic N) is 4. The minimum Gasteiger partial charge on any atom is -0.310 e. The van der Waals surface area contributed by atoms with Crippen molar-refractivity contribution in [1.82, 2.24) is 20.3 Å². The minimum atomic E-state index is -3.28. The number of nitrogens with one attached hydrogen (secondary N) is 1. The zero-order valence-corrected chi connectivity index (χ0v) is 19.7. The quantitative estimate of drug-likeness (QED) is 0.598. The van der Waals surface area contributed by atoms with Crippen LogP contribution in [0.1, 0.15) is 43.7 Å². The molecule has 3 aromatic rings. The van der Waals surface area contributed by atoms with Gasteiger partial charge in [-0.1, -0.05) is 13.0 Å². The lowest BCUT2D eigenvalue weighted by Crippen LogP contribution is -2.24. The van der Waals surface area contributed by atoms with Crippen molar-refractivity contribution in [3.05, 3.63) is 60.0 Å². The first kappa shape index (κ1) is 20.7. The second-order valence-corrected chi connectivity index (χ2v) is 11.8. The van der Waals surface area contributed by atoms with E-state index in [4.69, 9.17) is 0 Å². The molecule has 7 nitrogen and oxygen atoms in total. The highest BCUT2D eigenvalue weighted by Crippen LogP contribution is 2.58. The third-order valence-electron chi connectivity index (χ3n) is 7.60. The summed E-state index contributed by atoms with van der Waals surface area (Å²) in [6.45, 7) is 2.46. The van der Waals surface area contributed by atoms with Gasteiger partial charge < -0.3 is 10.2 Å².